The fraction of sp³-hybridized carbons (Fsp3) is 0.929. The number of hydrogen-bond acceptors (Lipinski definition) is 23. The first-order valence-corrected chi connectivity index (χ1v) is 36.9. The number of amides is 3. The Balaban J connectivity index is 1.40. The Morgan fingerprint density at radius 1 is 0.406 bits per heavy atom. The van der Waals surface area contributed by atoms with Crippen molar-refractivity contribution < 1.29 is 114 Å². The molecule has 0 unspecified atom stereocenters. The predicted molar refractivity (Wildman–Crippen MR) is 356 cm³/mol. The second-order valence-electron chi connectivity index (χ2n) is 27.2. The number of hydrogen-bond donors (Lipinski definition) is 15. The quantitative estimate of drug-likeness (QED) is 0.0299. The molecule has 0 aromatic heterocycles. The zero-order valence-corrected chi connectivity index (χ0v) is 58.3. The van der Waals surface area contributed by atoms with Crippen LogP contribution in [0.25, 0.3) is 0 Å². The van der Waals surface area contributed by atoms with Crippen molar-refractivity contribution in [2.75, 3.05) is 33.0 Å². The van der Waals surface area contributed by atoms with Crippen molar-refractivity contribution in [3.05, 3.63) is 12.2 Å². The first-order valence-electron chi connectivity index (χ1n) is 36.9. The van der Waals surface area contributed by atoms with Gasteiger partial charge in [-0.15, -0.1) is 0 Å². The van der Waals surface area contributed by atoms with Crippen LogP contribution in [0.5, 0.6) is 0 Å². The number of unbranched alkanes of at least 4 members (excludes halogenated alkanes) is 31. The Bertz CT molecular complexity index is 2060. The lowest BCUT2D eigenvalue weighted by molar-refractivity contribution is -0.391. The summed E-state index contributed by atoms with van der Waals surface area (Å²) in [6.45, 7) is 2.56. The number of rotatable bonds is 52. The summed E-state index contributed by atoms with van der Waals surface area (Å²) in [4.78, 5) is 38.4. The van der Waals surface area contributed by atoms with Gasteiger partial charge in [-0.3, -0.25) is 14.4 Å². The van der Waals surface area contributed by atoms with Gasteiger partial charge in [0.2, 0.25) is 17.7 Å². The van der Waals surface area contributed by atoms with Gasteiger partial charge < -0.3 is 115 Å². The molecule has 4 heterocycles. The summed E-state index contributed by atoms with van der Waals surface area (Å²) >= 11 is 0. The largest absolute Gasteiger partial charge is 0.394 e. The van der Waals surface area contributed by atoms with E-state index in [0.717, 1.165) is 58.8 Å². The van der Waals surface area contributed by atoms with E-state index >= 15 is 0 Å². The molecule has 0 aromatic carbocycles. The third-order valence-electron chi connectivity index (χ3n) is 19.0. The van der Waals surface area contributed by atoms with Gasteiger partial charge in [0.05, 0.1) is 45.2 Å². The van der Waals surface area contributed by atoms with Crippen molar-refractivity contribution in [3.63, 3.8) is 0 Å². The lowest BCUT2D eigenvalue weighted by Gasteiger charge is -2.51. The molecule has 3 amide bonds. The summed E-state index contributed by atoms with van der Waals surface area (Å²) in [5.41, 5.74) is 0. The Labute approximate surface area is 571 Å². The number of carbonyl (C=O) groups is 3. The highest BCUT2D eigenvalue weighted by molar-refractivity contribution is 5.76. The summed E-state index contributed by atoms with van der Waals surface area (Å²) < 4.78 is 48.2. The number of aliphatic hydroxyl groups excluding tert-OH is 12. The predicted octanol–water partition coefficient (Wildman–Crippen LogP) is 4.27. The Hall–Kier alpha value is -2.65. The van der Waals surface area contributed by atoms with Crippen molar-refractivity contribution >= 4 is 17.7 Å². The molecule has 0 aliphatic carbocycles. The average Bonchev–Trinajstić information content (AvgIpc) is 0.778. The zero-order valence-electron chi connectivity index (χ0n) is 58.3. The molecule has 4 fully saturated rings. The van der Waals surface area contributed by atoms with Gasteiger partial charge >= 0.3 is 0 Å². The molecule has 4 aliphatic rings. The van der Waals surface area contributed by atoms with Gasteiger partial charge in [0.1, 0.15) is 97.5 Å². The van der Waals surface area contributed by atoms with Crippen molar-refractivity contribution in [2.45, 2.75) is 381 Å². The minimum Gasteiger partial charge on any atom is -0.394 e. The number of allylic oxidation sites excluding steroid dienone is 1. The van der Waals surface area contributed by atoms with Crippen LogP contribution in [0.15, 0.2) is 12.2 Å². The molecule has 15 N–H and O–H groups in total. The molecule has 4 saturated heterocycles. The number of aliphatic hydroxyl groups is 12. The Morgan fingerprint density at radius 3 is 1.17 bits per heavy atom. The summed E-state index contributed by atoms with van der Waals surface area (Å²) in [5, 5.41) is 141. The molecule has 0 saturated carbocycles. The number of carbonyl (C=O) groups excluding carboxylic acids is 3. The second kappa shape index (κ2) is 49.8. The molecule has 96 heavy (non-hydrogen) atoms. The fourth-order valence-electron chi connectivity index (χ4n) is 13.2. The van der Waals surface area contributed by atoms with Gasteiger partial charge in [-0.2, -0.15) is 0 Å². The second-order valence-corrected chi connectivity index (χ2v) is 27.2. The van der Waals surface area contributed by atoms with Crippen LogP contribution in [0.1, 0.15) is 246 Å². The highest BCUT2D eigenvalue weighted by atomic mass is 16.8. The average molecular weight is 1380 g/mol. The van der Waals surface area contributed by atoms with Crippen LogP contribution in [-0.4, -0.2) is 247 Å². The van der Waals surface area contributed by atoms with Crippen LogP contribution in [-0.2, 0) is 52.3 Å². The van der Waals surface area contributed by atoms with Crippen molar-refractivity contribution in [2.24, 2.45) is 0 Å². The molecule has 562 valence electrons. The normalized spacial score (nSPS) is 31.7. The van der Waals surface area contributed by atoms with Gasteiger partial charge in [0.25, 0.3) is 0 Å². The van der Waals surface area contributed by atoms with E-state index in [2.05, 4.69) is 29.8 Å². The Kier molecular flexibility index (Phi) is 44.5. The SMILES string of the molecule is CCCCCCCCCCCCCC=C[C@H](O)[C@@H](CO[C@@H]1O[C@H](CO)[C@H](O[C@H]2O[C@H](CO)[C@H](O[C@@H]3O[C@H](CO)[C@@H](O)[C@H](O)[C@@H]3NC(C)=O)[C@@H](O[C@H]3O[C@@H](CO)[C@@H](O)[C@@H](O)[C@H]3NC(C)=O)[C@H]2O)[C@H](O)[C@@H]1O)NC(=O)CCCCCCCCCCCCCCCCCCCCCCC. The molecular formula is C70H129N3O23. The minimum atomic E-state index is -2.18. The third-order valence-corrected chi connectivity index (χ3v) is 19.0. The van der Waals surface area contributed by atoms with Crippen LogP contribution in [0.4, 0.5) is 0 Å². The van der Waals surface area contributed by atoms with Gasteiger partial charge in [-0.1, -0.05) is 219 Å². The summed E-state index contributed by atoms with van der Waals surface area (Å²) in [5.74, 6) is -1.80. The zero-order chi connectivity index (χ0) is 70.2. The maximum absolute atomic E-state index is 13.5. The van der Waals surface area contributed by atoms with E-state index in [-0.39, 0.29) is 12.3 Å². The van der Waals surface area contributed by atoms with Gasteiger partial charge in [0, 0.05) is 20.3 Å². The molecular weight excluding hydrogens is 1250 g/mol. The molecule has 26 heteroatoms. The number of ether oxygens (including phenoxy) is 8. The summed E-state index contributed by atoms with van der Waals surface area (Å²) in [6, 6.07) is -4.26. The molecule has 22 atom stereocenters. The van der Waals surface area contributed by atoms with Gasteiger partial charge in [-0.25, -0.2) is 0 Å². The van der Waals surface area contributed by atoms with Crippen LogP contribution in [0.2, 0.25) is 0 Å². The third kappa shape index (κ3) is 30.5. The molecule has 4 rings (SSSR count). The monoisotopic (exact) mass is 1380 g/mol. The first kappa shape index (κ1) is 85.8. The van der Waals surface area contributed by atoms with Crippen LogP contribution in [0, 0.1) is 0 Å². The van der Waals surface area contributed by atoms with Crippen LogP contribution >= 0.6 is 0 Å². The highest BCUT2D eigenvalue weighted by Crippen LogP contribution is 2.36. The lowest BCUT2D eigenvalue weighted by Crippen LogP contribution is -2.70. The summed E-state index contributed by atoms with van der Waals surface area (Å²) in [6.07, 6.45) is 9.49. The molecule has 0 radical (unpaired) electrons. The van der Waals surface area contributed by atoms with E-state index in [1.165, 1.54) is 154 Å². The van der Waals surface area contributed by atoms with Gasteiger partial charge in [0.15, 0.2) is 25.2 Å². The van der Waals surface area contributed by atoms with Crippen LogP contribution < -0.4 is 16.0 Å². The lowest BCUT2D eigenvalue weighted by atomic mass is 9.94. The minimum absolute atomic E-state index is 0.198. The smallest absolute Gasteiger partial charge is 0.220 e. The molecule has 4 aliphatic heterocycles. The van der Waals surface area contributed by atoms with Crippen molar-refractivity contribution in [1.82, 2.24) is 16.0 Å². The molecule has 0 spiro atoms. The van der Waals surface area contributed by atoms with Gasteiger partial charge in [-0.05, 0) is 19.3 Å². The van der Waals surface area contributed by atoms with E-state index in [1.54, 1.807) is 6.08 Å². The van der Waals surface area contributed by atoms with Crippen molar-refractivity contribution in [3.8, 4) is 0 Å². The van der Waals surface area contributed by atoms with Crippen molar-refractivity contribution in [1.29, 1.82) is 0 Å². The Morgan fingerprint density at radius 2 is 0.760 bits per heavy atom. The fourth-order valence-corrected chi connectivity index (χ4v) is 13.2. The summed E-state index contributed by atoms with van der Waals surface area (Å²) in [7, 11) is 0. The molecule has 0 bridgehead atoms. The maximum atomic E-state index is 13.5. The first-order chi connectivity index (χ1) is 46.3. The number of nitrogens with one attached hydrogen (secondary N) is 3. The van der Waals surface area contributed by atoms with E-state index in [9.17, 15) is 75.7 Å². The molecule has 26 nitrogen and oxygen atoms in total. The van der Waals surface area contributed by atoms with E-state index in [0.29, 0.717) is 12.8 Å². The topological polar surface area (TPSA) is 404 Å². The van der Waals surface area contributed by atoms with E-state index in [4.69, 9.17) is 37.9 Å². The maximum Gasteiger partial charge on any atom is 0.220 e. The van der Waals surface area contributed by atoms with E-state index < -0.39 is 180 Å². The molecule has 0 aromatic rings. The highest BCUT2D eigenvalue weighted by Gasteiger charge is 2.57. The standard InChI is InChI=1S/C70H129N3O23/c1-5-7-9-11-13-15-17-19-20-21-22-23-24-25-26-28-30-32-34-36-38-40-54(81)73-48(49(80)39-37-35-33-31-29-27-18-16-14-12-10-8-6-2)45-89-69-62(87)61(86)64(52(43-76)92-69)94-70-63(88)66(96-68-56(72-47(4)79)60(85)58(83)51(42-75)91-68)65(53(44-77)93-70)95-67-55(71-46(3)78)59(84)57(82)50(41-74)90-67/h37,39,48-53,55-70,74-77,80,82-88H,5-36,38,40-45H2,1-4H3,(H,71,78)(H,72,79)(H,73,81)/t48-,49+,50-,51+,52-,53-,55+,56-,57-,58-,59-,60+,61-,62+,63-,64+,65+,66+,67+,68-,69-,70-/m1/s1. The van der Waals surface area contributed by atoms with Crippen LogP contribution in [0.3, 0.4) is 0 Å². The van der Waals surface area contributed by atoms with E-state index in [1.807, 2.05) is 6.08 Å².